The lowest BCUT2D eigenvalue weighted by Crippen LogP contribution is -2.08. The van der Waals surface area contributed by atoms with E-state index in [1.807, 2.05) is 0 Å². The van der Waals surface area contributed by atoms with E-state index >= 15 is 0 Å². The third-order valence-electron chi connectivity index (χ3n) is 2.12. The zero-order valence-electron chi connectivity index (χ0n) is 8.03. The van der Waals surface area contributed by atoms with Gasteiger partial charge in [-0.05, 0) is 24.1 Å². The van der Waals surface area contributed by atoms with E-state index in [9.17, 15) is 4.79 Å². The zero-order valence-corrected chi connectivity index (χ0v) is 8.03. The summed E-state index contributed by atoms with van der Waals surface area (Å²) >= 11 is 0. The second-order valence-corrected chi connectivity index (χ2v) is 3.14. The van der Waals surface area contributed by atoms with E-state index in [2.05, 4.69) is 6.58 Å². The van der Waals surface area contributed by atoms with Gasteiger partial charge < -0.3 is 10.8 Å². The molecule has 0 bridgehead atoms. The Kier molecular flexibility index (Phi) is 3.04. The Bertz CT molecular complexity index is 372. The third kappa shape index (κ3) is 2.00. The zero-order chi connectivity index (χ0) is 10.7. The first kappa shape index (κ1) is 10.5. The molecule has 0 fully saturated rings. The van der Waals surface area contributed by atoms with E-state index < -0.39 is 5.97 Å². The topological polar surface area (TPSA) is 63.3 Å². The Morgan fingerprint density at radius 3 is 2.71 bits per heavy atom. The molecule has 0 amide bonds. The van der Waals surface area contributed by atoms with Gasteiger partial charge in [0.25, 0.3) is 0 Å². The number of benzene rings is 1. The first-order valence-corrected chi connectivity index (χ1v) is 4.28. The molecule has 0 aliphatic carbocycles. The van der Waals surface area contributed by atoms with Crippen molar-refractivity contribution in [3.05, 3.63) is 47.5 Å². The van der Waals surface area contributed by atoms with Gasteiger partial charge in [-0.25, -0.2) is 4.79 Å². The maximum atomic E-state index is 10.7. The van der Waals surface area contributed by atoms with Crippen LogP contribution in [-0.4, -0.2) is 11.1 Å². The molecule has 3 nitrogen and oxygen atoms in total. The second kappa shape index (κ2) is 4.07. The van der Waals surface area contributed by atoms with Crippen molar-refractivity contribution in [1.29, 1.82) is 0 Å². The Balaban J connectivity index is 3.12. The van der Waals surface area contributed by atoms with Crippen LogP contribution < -0.4 is 5.73 Å². The van der Waals surface area contributed by atoms with E-state index in [1.54, 1.807) is 31.2 Å². The van der Waals surface area contributed by atoms with Crippen molar-refractivity contribution in [1.82, 2.24) is 0 Å². The molecular formula is C11H13NO2. The molecule has 0 saturated heterocycles. The Labute approximate surface area is 82.9 Å². The summed E-state index contributed by atoms with van der Waals surface area (Å²) in [5.74, 6) is -0.916. The van der Waals surface area contributed by atoms with Crippen LogP contribution in [0.15, 0.2) is 30.9 Å². The van der Waals surface area contributed by atoms with Crippen LogP contribution in [0.1, 0.15) is 27.5 Å². The smallest absolute Gasteiger partial charge is 0.335 e. The molecule has 0 aromatic heterocycles. The standard InChI is InChI=1S/C11H13NO2/c1-3-10(12)8-4-5-9(11(13)14)7(2)6-8/h3-6,10H,1,12H2,2H3,(H,13,14)/t10-/m0/s1. The Morgan fingerprint density at radius 1 is 1.64 bits per heavy atom. The summed E-state index contributed by atoms with van der Waals surface area (Å²) in [6, 6.07) is 4.81. The molecule has 0 radical (unpaired) electrons. The number of hydrogen-bond acceptors (Lipinski definition) is 2. The lowest BCUT2D eigenvalue weighted by Gasteiger charge is -2.08. The van der Waals surface area contributed by atoms with Gasteiger partial charge in [-0.3, -0.25) is 0 Å². The van der Waals surface area contributed by atoms with Crippen LogP contribution in [0.4, 0.5) is 0 Å². The summed E-state index contributed by atoms with van der Waals surface area (Å²) in [5.41, 5.74) is 7.63. The van der Waals surface area contributed by atoms with E-state index in [4.69, 9.17) is 10.8 Å². The minimum absolute atomic E-state index is 0.239. The molecule has 1 aromatic rings. The number of aromatic carboxylic acids is 1. The average molecular weight is 191 g/mol. The number of carboxylic acid groups (broad SMARTS) is 1. The van der Waals surface area contributed by atoms with Crippen LogP contribution in [0.2, 0.25) is 0 Å². The van der Waals surface area contributed by atoms with Gasteiger partial charge in [-0.15, -0.1) is 6.58 Å². The number of carboxylic acids is 1. The van der Waals surface area contributed by atoms with Crippen LogP contribution >= 0.6 is 0 Å². The monoisotopic (exact) mass is 191 g/mol. The lowest BCUT2D eigenvalue weighted by molar-refractivity contribution is 0.0696. The van der Waals surface area contributed by atoms with Crippen molar-refractivity contribution in [2.45, 2.75) is 13.0 Å². The number of rotatable bonds is 3. The van der Waals surface area contributed by atoms with Crippen LogP contribution in [0.5, 0.6) is 0 Å². The molecule has 14 heavy (non-hydrogen) atoms. The highest BCUT2D eigenvalue weighted by molar-refractivity contribution is 5.89. The van der Waals surface area contributed by atoms with E-state index in [0.717, 1.165) is 5.56 Å². The minimum atomic E-state index is -0.916. The largest absolute Gasteiger partial charge is 0.478 e. The molecule has 0 aliphatic rings. The molecule has 0 unspecified atom stereocenters. The molecule has 1 atom stereocenters. The van der Waals surface area contributed by atoms with Crippen molar-refractivity contribution < 1.29 is 9.90 Å². The average Bonchev–Trinajstić information content (AvgIpc) is 2.15. The molecule has 3 heteroatoms. The highest BCUT2D eigenvalue weighted by atomic mass is 16.4. The van der Waals surface area contributed by atoms with E-state index in [1.165, 1.54) is 0 Å². The lowest BCUT2D eigenvalue weighted by atomic mass is 10.0. The van der Waals surface area contributed by atoms with Crippen molar-refractivity contribution in [2.75, 3.05) is 0 Å². The fourth-order valence-corrected chi connectivity index (χ4v) is 1.27. The normalized spacial score (nSPS) is 12.1. The summed E-state index contributed by atoms with van der Waals surface area (Å²) in [5, 5.41) is 8.80. The van der Waals surface area contributed by atoms with Crippen LogP contribution in [0.3, 0.4) is 0 Å². The highest BCUT2D eigenvalue weighted by Gasteiger charge is 2.08. The number of aryl methyl sites for hydroxylation is 1. The van der Waals surface area contributed by atoms with E-state index in [-0.39, 0.29) is 6.04 Å². The molecule has 3 N–H and O–H groups in total. The quantitative estimate of drug-likeness (QED) is 0.717. The molecule has 0 heterocycles. The van der Waals surface area contributed by atoms with Crippen LogP contribution in [-0.2, 0) is 0 Å². The number of hydrogen-bond donors (Lipinski definition) is 2. The summed E-state index contributed by atoms with van der Waals surface area (Å²) in [7, 11) is 0. The molecule has 0 saturated carbocycles. The second-order valence-electron chi connectivity index (χ2n) is 3.14. The maximum Gasteiger partial charge on any atom is 0.335 e. The molecule has 74 valence electrons. The predicted molar refractivity (Wildman–Crippen MR) is 55.3 cm³/mol. The molecule has 1 rings (SSSR count). The van der Waals surface area contributed by atoms with Gasteiger partial charge in [0.05, 0.1) is 5.56 Å². The van der Waals surface area contributed by atoms with Gasteiger partial charge >= 0.3 is 5.97 Å². The van der Waals surface area contributed by atoms with Gasteiger partial charge in [-0.1, -0.05) is 18.2 Å². The summed E-state index contributed by atoms with van der Waals surface area (Å²) < 4.78 is 0. The van der Waals surface area contributed by atoms with E-state index in [0.29, 0.717) is 11.1 Å². The van der Waals surface area contributed by atoms with Crippen molar-refractivity contribution >= 4 is 5.97 Å². The number of nitrogens with two attached hydrogens (primary N) is 1. The van der Waals surface area contributed by atoms with Crippen molar-refractivity contribution in [3.8, 4) is 0 Å². The maximum absolute atomic E-state index is 10.7. The minimum Gasteiger partial charge on any atom is -0.478 e. The van der Waals surface area contributed by atoms with Gasteiger partial charge in [0.2, 0.25) is 0 Å². The SMILES string of the molecule is C=C[C@H](N)c1ccc(C(=O)O)c(C)c1. The van der Waals surface area contributed by atoms with Crippen LogP contribution in [0.25, 0.3) is 0 Å². The van der Waals surface area contributed by atoms with Crippen molar-refractivity contribution in [2.24, 2.45) is 5.73 Å². The number of carbonyl (C=O) groups is 1. The third-order valence-corrected chi connectivity index (χ3v) is 2.12. The molecular weight excluding hydrogens is 178 g/mol. The van der Waals surface area contributed by atoms with Crippen molar-refractivity contribution in [3.63, 3.8) is 0 Å². The summed E-state index contributed by atoms with van der Waals surface area (Å²) in [4.78, 5) is 10.7. The van der Waals surface area contributed by atoms with Gasteiger partial charge in [0.15, 0.2) is 0 Å². The van der Waals surface area contributed by atoms with Gasteiger partial charge in [0, 0.05) is 6.04 Å². The summed E-state index contributed by atoms with van der Waals surface area (Å²) in [6.45, 7) is 5.34. The van der Waals surface area contributed by atoms with Crippen LogP contribution in [0, 0.1) is 6.92 Å². The highest BCUT2D eigenvalue weighted by Crippen LogP contribution is 2.16. The Hall–Kier alpha value is -1.61. The first-order valence-electron chi connectivity index (χ1n) is 4.28. The fourth-order valence-electron chi connectivity index (χ4n) is 1.27. The first-order chi connectivity index (χ1) is 6.56. The predicted octanol–water partition coefficient (Wildman–Crippen LogP) is 1.88. The fraction of sp³-hybridized carbons (Fsp3) is 0.182. The molecule has 0 spiro atoms. The Morgan fingerprint density at radius 2 is 2.29 bits per heavy atom. The summed E-state index contributed by atoms with van der Waals surface area (Å²) in [6.07, 6.45) is 1.62. The van der Waals surface area contributed by atoms with Gasteiger partial charge in [-0.2, -0.15) is 0 Å². The van der Waals surface area contributed by atoms with Gasteiger partial charge in [0.1, 0.15) is 0 Å². The molecule has 1 aromatic carbocycles. The molecule has 0 aliphatic heterocycles.